The van der Waals surface area contributed by atoms with E-state index in [1.807, 2.05) is 0 Å². The van der Waals surface area contributed by atoms with E-state index >= 15 is 0 Å². The fraction of sp³-hybridized carbons (Fsp3) is 0.750. The van der Waals surface area contributed by atoms with E-state index in [4.69, 9.17) is 24.3 Å². The summed E-state index contributed by atoms with van der Waals surface area (Å²) in [5.41, 5.74) is 5.36. The van der Waals surface area contributed by atoms with Gasteiger partial charge in [-0.05, 0) is 77.0 Å². The molecule has 0 bridgehead atoms. The molecule has 0 saturated heterocycles. The van der Waals surface area contributed by atoms with E-state index in [-0.39, 0.29) is 32.3 Å². The van der Waals surface area contributed by atoms with Crippen LogP contribution in [-0.2, 0) is 27.9 Å². The molecule has 0 rings (SSSR count). The normalized spacial score (nSPS) is 14.1. The maximum Gasteiger partial charge on any atom is 0.472 e. The molecule has 0 spiro atoms. The summed E-state index contributed by atoms with van der Waals surface area (Å²) in [6.07, 6.45) is 49.5. The zero-order valence-corrected chi connectivity index (χ0v) is 34.9. The number of rotatable bonds is 40. The van der Waals surface area contributed by atoms with Gasteiger partial charge in [0.1, 0.15) is 6.10 Å². The topological polar surface area (TPSA) is 117 Å². The molecule has 0 aromatic heterocycles. The van der Waals surface area contributed by atoms with Gasteiger partial charge in [0.2, 0.25) is 0 Å². The molecule has 0 radical (unpaired) electrons. The molecule has 53 heavy (non-hydrogen) atoms. The number of phosphoric acid groups is 1. The van der Waals surface area contributed by atoms with Crippen LogP contribution in [0.2, 0.25) is 0 Å². The molecule has 308 valence electrons. The van der Waals surface area contributed by atoms with Crippen molar-refractivity contribution in [1.82, 2.24) is 0 Å². The highest BCUT2D eigenvalue weighted by molar-refractivity contribution is 7.47. The maximum absolute atomic E-state index is 12.6. The summed E-state index contributed by atoms with van der Waals surface area (Å²) in [7, 11) is -4.28. The summed E-state index contributed by atoms with van der Waals surface area (Å²) in [6.45, 7) is 4.80. The smallest absolute Gasteiger partial charge is 0.457 e. The van der Waals surface area contributed by atoms with Crippen molar-refractivity contribution in [3.63, 3.8) is 0 Å². The molecule has 0 aliphatic heterocycles. The van der Waals surface area contributed by atoms with Gasteiger partial charge >= 0.3 is 13.8 Å². The highest BCUT2D eigenvalue weighted by Gasteiger charge is 2.25. The second kappa shape index (κ2) is 41.4. The van der Waals surface area contributed by atoms with E-state index in [0.29, 0.717) is 13.0 Å². The number of hydrogen-bond donors (Lipinski definition) is 2. The number of carbonyl (C=O) groups excluding carboxylic acids is 1. The third kappa shape index (κ3) is 41.2. The van der Waals surface area contributed by atoms with E-state index < -0.39 is 13.9 Å². The number of hydrogen-bond acceptors (Lipinski definition) is 7. The molecule has 2 atom stereocenters. The third-order valence-corrected chi connectivity index (χ3v) is 9.64. The predicted octanol–water partition coefficient (Wildman–Crippen LogP) is 12.6. The van der Waals surface area contributed by atoms with Crippen molar-refractivity contribution < 1.29 is 32.8 Å². The van der Waals surface area contributed by atoms with Gasteiger partial charge in [-0.1, -0.05) is 152 Å². The van der Waals surface area contributed by atoms with Crippen LogP contribution < -0.4 is 5.73 Å². The number of esters is 1. The second-order valence-electron chi connectivity index (χ2n) is 13.8. The Labute approximate surface area is 325 Å². The van der Waals surface area contributed by atoms with E-state index in [1.54, 1.807) is 0 Å². The maximum atomic E-state index is 12.6. The monoisotopic (exact) mass is 766 g/mol. The number of ether oxygens (including phenoxy) is 2. The highest BCUT2D eigenvalue weighted by atomic mass is 31.2. The van der Waals surface area contributed by atoms with Crippen LogP contribution in [0.15, 0.2) is 60.8 Å². The van der Waals surface area contributed by atoms with Crippen LogP contribution in [0.1, 0.15) is 174 Å². The number of unbranched alkanes of at least 4 members (excludes halogenated alkanes) is 17. The van der Waals surface area contributed by atoms with Crippen molar-refractivity contribution in [2.24, 2.45) is 5.73 Å². The predicted molar refractivity (Wildman–Crippen MR) is 224 cm³/mol. The Morgan fingerprint density at radius 3 is 1.55 bits per heavy atom. The average Bonchev–Trinajstić information content (AvgIpc) is 3.15. The Morgan fingerprint density at radius 1 is 0.566 bits per heavy atom. The lowest BCUT2D eigenvalue weighted by atomic mass is 10.1. The first-order valence-corrected chi connectivity index (χ1v) is 22.8. The van der Waals surface area contributed by atoms with Crippen LogP contribution in [-0.4, -0.2) is 49.9 Å². The van der Waals surface area contributed by atoms with Crippen molar-refractivity contribution in [3.8, 4) is 0 Å². The Balaban J connectivity index is 4.08. The minimum Gasteiger partial charge on any atom is -0.457 e. The van der Waals surface area contributed by atoms with Gasteiger partial charge in [0.15, 0.2) is 0 Å². The van der Waals surface area contributed by atoms with E-state index in [0.717, 1.165) is 83.5 Å². The fourth-order valence-corrected chi connectivity index (χ4v) is 6.25. The molecular formula is C44H80NO7P. The van der Waals surface area contributed by atoms with Crippen LogP contribution in [0.3, 0.4) is 0 Å². The molecule has 3 N–H and O–H groups in total. The number of carbonyl (C=O) groups is 1. The lowest BCUT2D eigenvalue weighted by Crippen LogP contribution is -2.28. The minimum atomic E-state index is -4.28. The van der Waals surface area contributed by atoms with Gasteiger partial charge in [0.05, 0.1) is 19.8 Å². The molecule has 8 nitrogen and oxygen atoms in total. The molecule has 0 aromatic carbocycles. The van der Waals surface area contributed by atoms with Gasteiger partial charge in [0.25, 0.3) is 0 Å². The van der Waals surface area contributed by atoms with E-state index in [2.05, 4.69) is 74.6 Å². The van der Waals surface area contributed by atoms with Crippen molar-refractivity contribution in [2.75, 3.05) is 33.0 Å². The lowest BCUT2D eigenvalue weighted by molar-refractivity contribution is -0.154. The van der Waals surface area contributed by atoms with Gasteiger partial charge in [-0.3, -0.25) is 13.8 Å². The number of nitrogens with two attached hydrogens (primary N) is 1. The third-order valence-electron chi connectivity index (χ3n) is 8.66. The fourth-order valence-electron chi connectivity index (χ4n) is 5.49. The summed E-state index contributed by atoms with van der Waals surface area (Å²) in [6, 6.07) is 0. The largest absolute Gasteiger partial charge is 0.472 e. The number of phosphoric ester groups is 1. The molecular weight excluding hydrogens is 685 g/mol. The highest BCUT2D eigenvalue weighted by Crippen LogP contribution is 2.43. The molecule has 0 aliphatic rings. The summed E-state index contributed by atoms with van der Waals surface area (Å²) < 4.78 is 33.4. The molecule has 0 aromatic rings. The molecule has 0 amide bonds. The van der Waals surface area contributed by atoms with Crippen LogP contribution >= 0.6 is 7.82 Å². The standard InChI is InChI=1S/C44H80NO7P/c1-3-5-7-9-11-13-15-17-19-20-21-22-23-24-26-28-30-32-34-36-39-49-41-43(42-51-53(47,48)50-40-38-45)52-44(46)37-35-33-31-29-27-25-18-16-14-12-10-8-6-4-2/h10-13,16-19,21-22,43H,3-9,14-15,20,23-42,45H2,1-2H3,(H,47,48)/b12-10-,13-11-,18-16-,19-17-,22-21-. The van der Waals surface area contributed by atoms with Crippen LogP contribution in [0.5, 0.6) is 0 Å². The summed E-state index contributed by atoms with van der Waals surface area (Å²) >= 11 is 0. The van der Waals surface area contributed by atoms with E-state index in [1.165, 1.54) is 70.6 Å². The molecule has 2 unspecified atom stereocenters. The van der Waals surface area contributed by atoms with Crippen molar-refractivity contribution >= 4 is 13.8 Å². The van der Waals surface area contributed by atoms with E-state index in [9.17, 15) is 14.3 Å². The molecule has 0 saturated carbocycles. The summed E-state index contributed by atoms with van der Waals surface area (Å²) in [4.78, 5) is 22.4. The molecule has 0 aliphatic carbocycles. The molecule has 0 heterocycles. The van der Waals surface area contributed by atoms with Gasteiger partial charge < -0.3 is 20.1 Å². The van der Waals surface area contributed by atoms with Gasteiger partial charge in [-0.15, -0.1) is 0 Å². The van der Waals surface area contributed by atoms with Crippen LogP contribution in [0.4, 0.5) is 0 Å². The zero-order chi connectivity index (χ0) is 38.8. The SMILES string of the molecule is CCCC/C=C\C/C=C\CCCCCCCC(=O)OC(COCCCCCCCCC/C=C\C/C=C\C/C=C\CCCCC)COP(=O)(O)OCCN. The Hall–Kier alpha value is -1.80. The molecule has 9 heteroatoms. The first kappa shape index (κ1) is 51.2. The summed E-state index contributed by atoms with van der Waals surface area (Å²) in [5.74, 6) is -0.350. The second-order valence-corrected chi connectivity index (χ2v) is 15.3. The van der Waals surface area contributed by atoms with Crippen LogP contribution in [0.25, 0.3) is 0 Å². The van der Waals surface area contributed by atoms with Gasteiger partial charge in [-0.25, -0.2) is 4.57 Å². The zero-order valence-electron chi connectivity index (χ0n) is 34.0. The first-order valence-electron chi connectivity index (χ1n) is 21.3. The van der Waals surface area contributed by atoms with Gasteiger partial charge in [-0.2, -0.15) is 0 Å². The van der Waals surface area contributed by atoms with Gasteiger partial charge in [0, 0.05) is 19.6 Å². The average molecular weight is 766 g/mol. The quantitative estimate of drug-likeness (QED) is 0.0274. The van der Waals surface area contributed by atoms with Crippen LogP contribution in [0, 0.1) is 0 Å². The molecule has 0 fully saturated rings. The summed E-state index contributed by atoms with van der Waals surface area (Å²) in [5, 5.41) is 0. The first-order chi connectivity index (χ1) is 25.9. The Bertz CT molecular complexity index is 994. The van der Waals surface area contributed by atoms with Crippen molar-refractivity contribution in [2.45, 2.75) is 180 Å². The van der Waals surface area contributed by atoms with Crippen molar-refractivity contribution in [3.05, 3.63) is 60.8 Å². The Morgan fingerprint density at radius 2 is 1.02 bits per heavy atom. The minimum absolute atomic E-state index is 0.0935. The van der Waals surface area contributed by atoms with Crippen molar-refractivity contribution in [1.29, 1.82) is 0 Å². The lowest BCUT2D eigenvalue weighted by Gasteiger charge is -2.20. The number of allylic oxidation sites excluding steroid dienone is 10. The Kier molecular flexibility index (Phi) is 40.0.